The minimum absolute atomic E-state index is 0.121. The molecule has 1 unspecified atom stereocenters. The summed E-state index contributed by atoms with van der Waals surface area (Å²) < 4.78 is 14.3. The van der Waals surface area contributed by atoms with Crippen LogP contribution in [0.3, 0.4) is 0 Å². The van der Waals surface area contributed by atoms with Crippen molar-refractivity contribution >= 4 is 34.6 Å². The van der Waals surface area contributed by atoms with Gasteiger partial charge in [0.15, 0.2) is 6.79 Å². The van der Waals surface area contributed by atoms with E-state index in [0.29, 0.717) is 27.9 Å². The molecule has 2 aliphatic rings. The molecule has 2 aliphatic heterocycles. The highest BCUT2D eigenvalue weighted by atomic mass is 32.1. The Morgan fingerprint density at radius 3 is 2.78 bits per heavy atom. The molecule has 164 valence electrons. The van der Waals surface area contributed by atoms with Gasteiger partial charge in [0.05, 0.1) is 10.1 Å². The molecule has 7 nitrogen and oxygen atoms in total. The van der Waals surface area contributed by atoms with Crippen LogP contribution in [-0.4, -0.2) is 42.8 Å². The molecule has 32 heavy (non-hydrogen) atoms. The fourth-order valence-electron chi connectivity index (χ4n) is 3.94. The molecule has 3 aromatic rings. The Bertz CT molecular complexity index is 1370. The van der Waals surface area contributed by atoms with Gasteiger partial charge in [0, 0.05) is 29.9 Å². The number of carbonyl (C=O) groups excluding carboxylic acids is 1. The second-order valence-corrected chi connectivity index (χ2v) is 8.99. The molecule has 0 radical (unpaired) electrons. The molecule has 0 aliphatic carbocycles. The molecule has 1 aromatic heterocycles. The van der Waals surface area contributed by atoms with Crippen molar-refractivity contribution in [1.29, 1.82) is 0 Å². The van der Waals surface area contributed by atoms with E-state index in [4.69, 9.17) is 9.47 Å². The van der Waals surface area contributed by atoms with Crippen molar-refractivity contribution in [2.24, 2.45) is 0 Å². The van der Waals surface area contributed by atoms with Gasteiger partial charge in [-0.25, -0.2) is 0 Å². The van der Waals surface area contributed by atoms with E-state index in [9.17, 15) is 9.59 Å². The number of anilines is 1. The Hall–Kier alpha value is -3.20. The van der Waals surface area contributed by atoms with E-state index < -0.39 is 6.10 Å². The van der Waals surface area contributed by atoms with E-state index in [2.05, 4.69) is 5.32 Å². The number of hydrogen-bond acceptors (Lipinski definition) is 6. The molecule has 1 N–H and O–H groups in total. The van der Waals surface area contributed by atoms with Crippen LogP contribution < -0.4 is 24.8 Å². The fourth-order valence-corrected chi connectivity index (χ4v) is 5.12. The summed E-state index contributed by atoms with van der Waals surface area (Å²) in [5.74, 6) is 0.563. The van der Waals surface area contributed by atoms with Crippen molar-refractivity contribution in [2.45, 2.75) is 12.6 Å². The van der Waals surface area contributed by atoms with Crippen LogP contribution in [0, 0.1) is 0 Å². The van der Waals surface area contributed by atoms with E-state index in [0.717, 1.165) is 22.6 Å². The Balaban J connectivity index is 1.72. The van der Waals surface area contributed by atoms with Gasteiger partial charge in [0.1, 0.15) is 16.5 Å². The molecule has 1 atom stereocenters. The summed E-state index contributed by atoms with van der Waals surface area (Å²) in [5.41, 5.74) is 2.87. The summed E-state index contributed by atoms with van der Waals surface area (Å²) in [4.78, 5) is 28.3. The zero-order chi connectivity index (χ0) is 22.2. The number of hydrogen-bond donors (Lipinski definition) is 1. The van der Waals surface area contributed by atoms with Crippen LogP contribution in [-0.2, 0) is 16.1 Å². The largest absolute Gasteiger partial charge is 0.467 e. The summed E-state index contributed by atoms with van der Waals surface area (Å²) in [5, 5.41) is 2.91. The molecule has 0 fully saturated rings. The number of nitrogens with zero attached hydrogens (tertiary/aromatic N) is 2. The topological polar surface area (TPSA) is 72.8 Å². The molecule has 0 bridgehead atoms. The fraction of sp³-hybridized carbons (Fsp3) is 0.250. The average molecular weight is 450 g/mol. The zero-order valence-electron chi connectivity index (χ0n) is 17.8. The molecule has 0 spiro atoms. The normalized spacial score (nSPS) is 19.5. The lowest BCUT2D eigenvalue weighted by molar-refractivity contribution is -0.110. The molecule has 8 heteroatoms. The standard InChI is InChI=1S/C24H23N3O4S/c1-26(2)11-12-27-23(29)20(13-19-16-8-4-6-10-18(16)30-14-31-19)32-24(27)21-15-7-3-5-9-17(15)25-22(21)28/h3-10,13,19H,11-12,14H2,1-2H3,(H,25,28)/b20-13+,24-21+. The SMILES string of the molecule is CN(C)CCn1c(=O)/c(=C\C2OCOc3ccccc32)s/c1=C1/C(=O)Nc2ccccc21. The maximum absolute atomic E-state index is 13.5. The molecule has 1 amide bonds. The van der Waals surface area contributed by atoms with Crippen molar-refractivity contribution in [3.05, 3.63) is 79.2 Å². The molecule has 3 heterocycles. The van der Waals surface area contributed by atoms with Crippen molar-refractivity contribution in [1.82, 2.24) is 9.47 Å². The number of likely N-dealkylation sites (N-methyl/N-ethyl adjacent to an activating group) is 1. The van der Waals surface area contributed by atoms with Gasteiger partial charge < -0.3 is 19.7 Å². The first-order valence-electron chi connectivity index (χ1n) is 10.4. The third-order valence-corrected chi connectivity index (χ3v) is 6.70. The highest BCUT2D eigenvalue weighted by Gasteiger charge is 2.27. The number of amides is 1. The monoisotopic (exact) mass is 449 g/mol. The molecule has 0 saturated carbocycles. The third-order valence-electron chi connectivity index (χ3n) is 5.55. The summed E-state index contributed by atoms with van der Waals surface area (Å²) in [6, 6.07) is 15.2. The smallest absolute Gasteiger partial charge is 0.268 e. The number of aromatic nitrogens is 1. The minimum Gasteiger partial charge on any atom is -0.467 e. The van der Waals surface area contributed by atoms with E-state index >= 15 is 0 Å². The summed E-state index contributed by atoms with van der Waals surface area (Å²) in [7, 11) is 3.92. The van der Waals surface area contributed by atoms with Gasteiger partial charge in [-0.15, -0.1) is 11.3 Å². The summed E-state index contributed by atoms with van der Waals surface area (Å²) in [6.07, 6.45) is 1.44. The molecule has 0 saturated heterocycles. The maximum Gasteiger partial charge on any atom is 0.268 e. The quantitative estimate of drug-likeness (QED) is 0.654. The lowest BCUT2D eigenvalue weighted by Gasteiger charge is -2.23. The van der Waals surface area contributed by atoms with Crippen LogP contribution in [0.2, 0.25) is 0 Å². The van der Waals surface area contributed by atoms with Gasteiger partial charge >= 0.3 is 0 Å². The van der Waals surface area contributed by atoms with Crippen LogP contribution in [0.1, 0.15) is 17.2 Å². The average Bonchev–Trinajstić information content (AvgIpc) is 3.27. The van der Waals surface area contributed by atoms with Crippen LogP contribution in [0.15, 0.2) is 53.3 Å². The van der Waals surface area contributed by atoms with Crippen molar-refractivity contribution in [2.75, 3.05) is 32.7 Å². The van der Waals surface area contributed by atoms with E-state index in [1.54, 1.807) is 4.57 Å². The van der Waals surface area contributed by atoms with Gasteiger partial charge in [-0.1, -0.05) is 36.4 Å². The van der Waals surface area contributed by atoms with Gasteiger partial charge in [-0.2, -0.15) is 0 Å². The Labute approximate surface area is 188 Å². The van der Waals surface area contributed by atoms with Crippen LogP contribution in [0.5, 0.6) is 5.75 Å². The number of benzene rings is 2. The molecule has 2 aromatic carbocycles. The van der Waals surface area contributed by atoms with Crippen LogP contribution in [0.25, 0.3) is 11.6 Å². The lowest BCUT2D eigenvalue weighted by atomic mass is 10.1. The molecule has 5 rings (SSSR count). The lowest BCUT2D eigenvalue weighted by Crippen LogP contribution is -2.36. The van der Waals surface area contributed by atoms with Crippen molar-refractivity contribution in [3.8, 4) is 5.75 Å². The molecular formula is C24H23N3O4S. The highest BCUT2D eigenvalue weighted by molar-refractivity contribution is 7.07. The Morgan fingerprint density at radius 2 is 1.94 bits per heavy atom. The Morgan fingerprint density at radius 1 is 1.16 bits per heavy atom. The number of fused-ring (bicyclic) bond motifs is 2. The number of rotatable bonds is 4. The second kappa shape index (κ2) is 8.38. The van der Waals surface area contributed by atoms with Crippen molar-refractivity contribution in [3.63, 3.8) is 0 Å². The first-order valence-corrected chi connectivity index (χ1v) is 11.2. The first-order chi connectivity index (χ1) is 15.5. The highest BCUT2D eigenvalue weighted by Crippen LogP contribution is 2.32. The number of thiazole rings is 1. The summed E-state index contributed by atoms with van der Waals surface area (Å²) >= 11 is 1.33. The number of carbonyl (C=O) groups is 1. The Kier molecular flexibility index (Phi) is 5.42. The van der Waals surface area contributed by atoms with E-state index in [1.807, 2.05) is 73.6 Å². The number of para-hydroxylation sites is 2. The van der Waals surface area contributed by atoms with Crippen molar-refractivity contribution < 1.29 is 14.3 Å². The predicted octanol–water partition coefficient (Wildman–Crippen LogP) is 1.51. The third kappa shape index (κ3) is 3.66. The van der Waals surface area contributed by atoms with Crippen LogP contribution >= 0.6 is 11.3 Å². The summed E-state index contributed by atoms with van der Waals surface area (Å²) in [6.45, 7) is 1.28. The zero-order valence-corrected chi connectivity index (χ0v) is 18.6. The molecular weight excluding hydrogens is 426 g/mol. The second-order valence-electron chi connectivity index (χ2n) is 7.96. The minimum atomic E-state index is -0.392. The maximum atomic E-state index is 13.5. The van der Waals surface area contributed by atoms with Gasteiger partial charge in [-0.3, -0.25) is 14.2 Å². The van der Waals surface area contributed by atoms with E-state index in [-0.39, 0.29) is 18.3 Å². The number of nitrogens with one attached hydrogen (secondary N) is 1. The van der Waals surface area contributed by atoms with Gasteiger partial charge in [0.2, 0.25) is 0 Å². The van der Waals surface area contributed by atoms with Gasteiger partial charge in [0.25, 0.3) is 11.5 Å². The predicted molar refractivity (Wildman–Crippen MR) is 124 cm³/mol. The van der Waals surface area contributed by atoms with Gasteiger partial charge in [-0.05, 0) is 32.3 Å². The van der Waals surface area contributed by atoms with E-state index in [1.165, 1.54) is 11.3 Å². The number of ether oxygens (including phenoxy) is 2. The first kappa shape index (κ1) is 20.7. The van der Waals surface area contributed by atoms with Crippen LogP contribution in [0.4, 0.5) is 5.69 Å².